The first-order valence-corrected chi connectivity index (χ1v) is 9.01. The molecule has 1 aliphatic rings. The Morgan fingerprint density at radius 3 is 2.84 bits per heavy atom. The Bertz CT molecular complexity index is 522. The largest absolute Gasteiger partial charge is 0.396 e. The topological polar surface area (TPSA) is 66.4 Å². The number of aliphatic hydroxyl groups is 1. The van der Waals surface area contributed by atoms with Gasteiger partial charge in [-0.1, -0.05) is 18.0 Å². The summed E-state index contributed by atoms with van der Waals surface area (Å²) in [5.41, 5.74) is 0.783. The van der Waals surface area contributed by atoms with Gasteiger partial charge in [0.1, 0.15) is 4.21 Å². The molecule has 1 heterocycles. The standard InChI is InChI=1S/C12H18ClNO3S2/c1-8-7-11(18-12(8)13)19(16,17)14-10-4-2-3-9(10)5-6-15/h7,9-10,14-15H,2-6H2,1H3/t9-,10-/m1/s1. The predicted octanol–water partition coefficient (Wildman–Crippen LogP) is 2.54. The summed E-state index contributed by atoms with van der Waals surface area (Å²) in [7, 11) is -3.49. The van der Waals surface area contributed by atoms with Crippen LogP contribution in [0.5, 0.6) is 0 Å². The molecule has 2 rings (SSSR count). The maximum absolute atomic E-state index is 12.3. The zero-order chi connectivity index (χ0) is 14.0. The summed E-state index contributed by atoms with van der Waals surface area (Å²) in [6.45, 7) is 1.90. The first kappa shape index (κ1) is 15.3. The average Bonchev–Trinajstić information content (AvgIpc) is 2.88. The number of nitrogens with one attached hydrogen (secondary N) is 1. The van der Waals surface area contributed by atoms with E-state index in [1.807, 2.05) is 0 Å². The summed E-state index contributed by atoms with van der Waals surface area (Å²) in [5.74, 6) is 0.233. The Balaban J connectivity index is 2.13. The predicted molar refractivity (Wildman–Crippen MR) is 77.2 cm³/mol. The monoisotopic (exact) mass is 323 g/mol. The number of aryl methyl sites for hydroxylation is 1. The third kappa shape index (κ3) is 3.49. The highest BCUT2D eigenvalue weighted by atomic mass is 35.5. The Kier molecular flexibility index (Phi) is 4.89. The van der Waals surface area contributed by atoms with Gasteiger partial charge in [0.2, 0.25) is 10.0 Å². The molecule has 108 valence electrons. The van der Waals surface area contributed by atoms with Crippen molar-refractivity contribution in [3.8, 4) is 0 Å². The summed E-state index contributed by atoms with van der Waals surface area (Å²) >= 11 is 7.01. The van der Waals surface area contributed by atoms with Crippen LogP contribution < -0.4 is 4.72 Å². The van der Waals surface area contributed by atoms with E-state index in [1.54, 1.807) is 13.0 Å². The molecule has 4 nitrogen and oxygen atoms in total. The van der Waals surface area contributed by atoms with Gasteiger partial charge in [0, 0.05) is 12.6 Å². The Morgan fingerprint density at radius 2 is 2.26 bits per heavy atom. The fraction of sp³-hybridized carbons (Fsp3) is 0.667. The molecule has 1 fully saturated rings. The van der Waals surface area contributed by atoms with Gasteiger partial charge >= 0.3 is 0 Å². The average molecular weight is 324 g/mol. The highest BCUT2D eigenvalue weighted by Gasteiger charge is 2.31. The summed E-state index contributed by atoms with van der Waals surface area (Å²) < 4.78 is 28.1. The lowest BCUT2D eigenvalue weighted by Crippen LogP contribution is -2.37. The molecule has 19 heavy (non-hydrogen) atoms. The van der Waals surface area contributed by atoms with E-state index in [4.69, 9.17) is 16.7 Å². The number of halogens is 1. The lowest BCUT2D eigenvalue weighted by Gasteiger charge is -2.19. The number of sulfonamides is 1. The molecule has 2 N–H and O–H groups in total. The van der Waals surface area contributed by atoms with Crippen LogP contribution in [0.1, 0.15) is 31.2 Å². The van der Waals surface area contributed by atoms with Crippen LogP contribution in [0, 0.1) is 12.8 Å². The van der Waals surface area contributed by atoms with E-state index in [1.165, 1.54) is 0 Å². The molecule has 1 aliphatic carbocycles. The molecule has 0 aliphatic heterocycles. The van der Waals surface area contributed by atoms with Crippen molar-refractivity contribution in [2.45, 2.75) is 42.9 Å². The molecule has 0 aromatic carbocycles. The summed E-state index contributed by atoms with van der Waals surface area (Å²) in [6, 6.07) is 1.53. The summed E-state index contributed by atoms with van der Waals surface area (Å²) in [5, 5.41) is 9.01. The Labute approximate surface area is 122 Å². The quantitative estimate of drug-likeness (QED) is 0.875. The van der Waals surface area contributed by atoms with Gasteiger partial charge in [-0.15, -0.1) is 11.3 Å². The zero-order valence-corrected chi connectivity index (χ0v) is 13.1. The third-order valence-corrected chi connectivity index (χ3v) is 7.08. The Morgan fingerprint density at radius 1 is 1.53 bits per heavy atom. The number of thiophene rings is 1. The lowest BCUT2D eigenvalue weighted by atomic mass is 10.0. The van der Waals surface area contributed by atoms with Crippen LogP contribution in [-0.2, 0) is 10.0 Å². The first-order valence-electron chi connectivity index (χ1n) is 6.33. The van der Waals surface area contributed by atoms with Gasteiger partial charge < -0.3 is 5.11 Å². The van der Waals surface area contributed by atoms with Crippen molar-refractivity contribution < 1.29 is 13.5 Å². The van der Waals surface area contributed by atoms with E-state index in [0.29, 0.717) is 10.8 Å². The van der Waals surface area contributed by atoms with Gasteiger partial charge in [0.15, 0.2) is 0 Å². The number of aliphatic hydroxyl groups excluding tert-OH is 1. The second kappa shape index (κ2) is 6.10. The third-order valence-electron chi connectivity index (χ3n) is 3.56. The second-order valence-corrected chi connectivity index (χ2v) is 8.55. The molecular formula is C12H18ClNO3S2. The molecule has 0 saturated heterocycles. The highest BCUT2D eigenvalue weighted by Crippen LogP contribution is 2.33. The number of hydrogen-bond donors (Lipinski definition) is 2. The van der Waals surface area contributed by atoms with Crippen molar-refractivity contribution in [1.29, 1.82) is 0 Å². The van der Waals surface area contributed by atoms with Crippen molar-refractivity contribution in [2.24, 2.45) is 5.92 Å². The maximum Gasteiger partial charge on any atom is 0.250 e. The highest BCUT2D eigenvalue weighted by molar-refractivity contribution is 7.91. The maximum atomic E-state index is 12.3. The molecule has 0 unspecified atom stereocenters. The molecule has 0 amide bonds. The lowest BCUT2D eigenvalue weighted by molar-refractivity contribution is 0.248. The summed E-state index contributed by atoms with van der Waals surface area (Å²) in [4.78, 5) is 0. The molecule has 0 radical (unpaired) electrons. The van der Waals surface area contributed by atoms with Crippen molar-refractivity contribution in [2.75, 3.05) is 6.61 Å². The van der Waals surface area contributed by atoms with Crippen LogP contribution in [0.25, 0.3) is 0 Å². The van der Waals surface area contributed by atoms with Crippen LogP contribution in [-0.4, -0.2) is 26.2 Å². The molecule has 0 spiro atoms. The van der Waals surface area contributed by atoms with E-state index in [2.05, 4.69) is 4.72 Å². The zero-order valence-electron chi connectivity index (χ0n) is 10.7. The minimum atomic E-state index is -3.49. The molecule has 1 saturated carbocycles. The molecule has 2 atom stereocenters. The smallest absolute Gasteiger partial charge is 0.250 e. The molecule has 7 heteroatoms. The van der Waals surface area contributed by atoms with Crippen LogP contribution in [0.3, 0.4) is 0 Å². The van der Waals surface area contributed by atoms with Gasteiger partial charge in [-0.3, -0.25) is 0 Å². The minimum Gasteiger partial charge on any atom is -0.396 e. The SMILES string of the molecule is Cc1cc(S(=O)(=O)N[C@@H]2CCC[C@@H]2CCO)sc1Cl. The van der Waals surface area contributed by atoms with Gasteiger partial charge in [-0.05, 0) is 43.7 Å². The van der Waals surface area contributed by atoms with Crippen molar-refractivity contribution in [3.05, 3.63) is 16.0 Å². The van der Waals surface area contributed by atoms with Crippen LogP contribution in [0.15, 0.2) is 10.3 Å². The fourth-order valence-electron chi connectivity index (χ4n) is 2.52. The molecular weight excluding hydrogens is 306 g/mol. The van der Waals surface area contributed by atoms with Gasteiger partial charge in [-0.25, -0.2) is 13.1 Å². The first-order chi connectivity index (χ1) is 8.94. The number of hydrogen-bond acceptors (Lipinski definition) is 4. The molecule has 1 aromatic rings. The summed E-state index contributed by atoms with van der Waals surface area (Å²) in [6.07, 6.45) is 3.46. The minimum absolute atomic E-state index is 0.0710. The fourth-order valence-corrected chi connectivity index (χ4v) is 5.59. The van der Waals surface area contributed by atoms with Crippen molar-refractivity contribution in [3.63, 3.8) is 0 Å². The second-order valence-electron chi connectivity index (χ2n) is 4.95. The van der Waals surface area contributed by atoms with E-state index in [9.17, 15) is 8.42 Å². The van der Waals surface area contributed by atoms with E-state index < -0.39 is 10.0 Å². The van der Waals surface area contributed by atoms with Gasteiger partial charge in [0.25, 0.3) is 0 Å². The van der Waals surface area contributed by atoms with Crippen molar-refractivity contribution >= 4 is 33.0 Å². The molecule has 0 bridgehead atoms. The van der Waals surface area contributed by atoms with Gasteiger partial charge in [0.05, 0.1) is 4.34 Å². The Hall–Kier alpha value is -0.140. The van der Waals surface area contributed by atoms with Gasteiger partial charge in [-0.2, -0.15) is 0 Å². The number of rotatable bonds is 5. The van der Waals surface area contributed by atoms with E-state index in [-0.39, 0.29) is 22.8 Å². The van der Waals surface area contributed by atoms with Crippen molar-refractivity contribution in [1.82, 2.24) is 4.72 Å². The van der Waals surface area contributed by atoms with E-state index >= 15 is 0 Å². The normalized spacial score (nSPS) is 23.9. The van der Waals surface area contributed by atoms with Crippen LogP contribution in [0.4, 0.5) is 0 Å². The van der Waals surface area contributed by atoms with Crippen LogP contribution >= 0.6 is 22.9 Å². The van der Waals surface area contributed by atoms with Crippen LogP contribution in [0.2, 0.25) is 4.34 Å². The molecule has 1 aromatic heterocycles. The van der Waals surface area contributed by atoms with E-state index in [0.717, 1.165) is 36.2 Å².